The first-order valence-corrected chi connectivity index (χ1v) is 6.23. The molecule has 2 rings (SSSR count). The van der Waals surface area contributed by atoms with Crippen molar-refractivity contribution in [1.82, 2.24) is 0 Å². The summed E-state index contributed by atoms with van der Waals surface area (Å²) in [6.45, 7) is 6.62. The van der Waals surface area contributed by atoms with Gasteiger partial charge in [0.15, 0.2) is 0 Å². The summed E-state index contributed by atoms with van der Waals surface area (Å²) in [5.74, 6) is 0.697. The van der Waals surface area contributed by atoms with Crippen LogP contribution in [0.3, 0.4) is 0 Å². The number of hydrogen-bond acceptors (Lipinski definition) is 0. The van der Waals surface area contributed by atoms with Gasteiger partial charge in [-0.05, 0) is 42.0 Å². The van der Waals surface area contributed by atoms with Crippen molar-refractivity contribution in [3.63, 3.8) is 0 Å². The molecule has 0 fully saturated rings. The van der Waals surface area contributed by atoms with Crippen molar-refractivity contribution in [3.05, 3.63) is 59.7 Å². The van der Waals surface area contributed by atoms with E-state index < -0.39 is 0 Å². The van der Waals surface area contributed by atoms with Gasteiger partial charge in [-0.25, -0.2) is 0 Å². The molecule has 0 N–H and O–H groups in total. The zero-order valence-electron chi connectivity index (χ0n) is 10.8. The highest BCUT2D eigenvalue weighted by molar-refractivity contribution is 5.63. The third-order valence-electron chi connectivity index (χ3n) is 2.87. The predicted octanol–water partition coefficient (Wildman–Crippen LogP) is 4.66. The third kappa shape index (κ3) is 3.20. The van der Waals surface area contributed by atoms with Crippen LogP contribution in [0.5, 0.6) is 0 Å². The normalized spacial score (nSPS) is 10.8. The molecule has 2 aromatic rings. The fourth-order valence-corrected chi connectivity index (χ4v) is 2.01. The molecule has 0 amide bonds. The Bertz CT molecular complexity index is 478. The second-order valence-electron chi connectivity index (χ2n) is 5.07. The van der Waals surface area contributed by atoms with Crippen molar-refractivity contribution in [2.24, 2.45) is 5.92 Å². The van der Waals surface area contributed by atoms with Gasteiger partial charge in [0.05, 0.1) is 0 Å². The summed E-state index contributed by atoms with van der Waals surface area (Å²) in [5.41, 5.74) is 5.14. The summed E-state index contributed by atoms with van der Waals surface area (Å²) in [5, 5.41) is 0. The van der Waals surface area contributed by atoms with E-state index in [1.54, 1.807) is 0 Å². The first-order chi connectivity index (χ1) is 8.15. The highest BCUT2D eigenvalue weighted by atomic mass is 14.1. The summed E-state index contributed by atoms with van der Waals surface area (Å²) in [4.78, 5) is 0. The molecule has 0 aromatic heterocycles. The van der Waals surface area contributed by atoms with Crippen molar-refractivity contribution in [3.8, 4) is 11.1 Å². The fourth-order valence-electron chi connectivity index (χ4n) is 2.01. The Morgan fingerprint density at radius 2 is 1.76 bits per heavy atom. The quantitative estimate of drug-likeness (QED) is 0.710. The summed E-state index contributed by atoms with van der Waals surface area (Å²) < 4.78 is 0. The van der Waals surface area contributed by atoms with Crippen LogP contribution in [-0.4, -0.2) is 0 Å². The minimum atomic E-state index is 0.697. The molecule has 0 saturated carbocycles. The van der Waals surface area contributed by atoms with E-state index in [4.69, 9.17) is 0 Å². The van der Waals surface area contributed by atoms with E-state index in [0.29, 0.717) is 5.92 Å². The minimum Gasteiger partial charge on any atom is -0.0625 e. The van der Waals surface area contributed by atoms with Gasteiger partial charge < -0.3 is 0 Å². The third-order valence-corrected chi connectivity index (χ3v) is 2.87. The topological polar surface area (TPSA) is 0 Å². The van der Waals surface area contributed by atoms with E-state index in [-0.39, 0.29) is 0 Å². The molecule has 87 valence electrons. The van der Waals surface area contributed by atoms with Crippen LogP contribution >= 0.6 is 0 Å². The highest BCUT2D eigenvalue weighted by Gasteiger charge is 2.01. The van der Waals surface area contributed by atoms with E-state index in [2.05, 4.69) is 63.2 Å². The summed E-state index contributed by atoms with van der Waals surface area (Å²) in [6, 6.07) is 18.4. The Kier molecular flexibility index (Phi) is 3.63. The Labute approximate surface area is 104 Å². The maximum atomic E-state index is 3.32. The first-order valence-electron chi connectivity index (χ1n) is 6.23. The Morgan fingerprint density at radius 1 is 1.06 bits per heavy atom. The molecule has 0 aliphatic carbocycles. The van der Waals surface area contributed by atoms with Crippen LogP contribution in [0.2, 0.25) is 0 Å². The van der Waals surface area contributed by atoms with Gasteiger partial charge in [-0.1, -0.05) is 61.9 Å². The molecule has 0 nitrogen and oxygen atoms in total. The lowest BCUT2D eigenvalue weighted by molar-refractivity contribution is 0.647. The molecule has 17 heavy (non-hydrogen) atoms. The van der Waals surface area contributed by atoms with Gasteiger partial charge in [-0.15, -0.1) is 0 Å². The Hall–Kier alpha value is -1.56. The highest BCUT2D eigenvalue weighted by Crippen LogP contribution is 2.21. The number of hydrogen-bond donors (Lipinski definition) is 0. The SMILES string of the molecule is Cc1ccc(-c2[c]ccc(CC(C)C)c2)cc1. The van der Waals surface area contributed by atoms with E-state index in [9.17, 15) is 0 Å². The molecule has 0 aliphatic rings. The van der Waals surface area contributed by atoms with Gasteiger partial charge in [0.25, 0.3) is 0 Å². The van der Waals surface area contributed by atoms with Gasteiger partial charge in [-0.2, -0.15) is 0 Å². The smallest absolute Gasteiger partial charge is 0.00990 e. The first kappa shape index (κ1) is 11.9. The molecule has 0 spiro atoms. The van der Waals surface area contributed by atoms with Crippen LogP contribution in [0.4, 0.5) is 0 Å². The molecule has 0 atom stereocenters. The molecule has 0 heteroatoms. The van der Waals surface area contributed by atoms with Crippen LogP contribution in [0.1, 0.15) is 25.0 Å². The van der Waals surface area contributed by atoms with Gasteiger partial charge in [-0.3, -0.25) is 0 Å². The second kappa shape index (κ2) is 5.18. The van der Waals surface area contributed by atoms with Gasteiger partial charge >= 0.3 is 0 Å². The van der Waals surface area contributed by atoms with Crippen LogP contribution in [0.15, 0.2) is 42.5 Å². The molecular weight excluding hydrogens is 204 g/mol. The average Bonchev–Trinajstić information content (AvgIpc) is 2.29. The molecule has 0 saturated heterocycles. The van der Waals surface area contributed by atoms with E-state index >= 15 is 0 Å². The van der Waals surface area contributed by atoms with Crippen molar-refractivity contribution >= 4 is 0 Å². The molecule has 0 aliphatic heterocycles. The van der Waals surface area contributed by atoms with Crippen molar-refractivity contribution < 1.29 is 0 Å². The largest absolute Gasteiger partial charge is 0.0625 e. The standard InChI is InChI=1S/C17H19/c1-13(2)11-15-5-4-6-17(12-15)16-9-7-14(3)8-10-16/h4-5,7-10,12-13H,11H2,1-3H3. The van der Waals surface area contributed by atoms with Crippen molar-refractivity contribution in [1.29, 1.82) is 0 Å². The van der Waals surface area contributed by atoms with E-state index in [1.807, 2.05) is 6.07 Å². The number of benzene rings is 2. The second-order valence-corrected chi connectivity index (χ2v) is 5.07. The zero-order valence-corrected chi connectivity index (χ0v) is 10.8. The summed E-state index contributed by atoms with van der Waals surface area (Å²) >= 11 is 0. The van der Waals surface area contributed by atoms with Gasteiger partial charge in [0, 0.05) is 0 Å². The van der Waals surface area contributed by atoms with E-state index in [1.165, 1.54) is 22.3 Å². The van der Waals surface area contributed by atoms with Crippen LogP contribution < -0.4 is 0 Å². The lowest BCUT2D eigenvalue weighted by atomic mass is 9.97. The molecule has 0 unspecified atom stereocenters. The Morgan fingerprint density at radius 3 is 2.41 bits per heavy atom. The minimum absolute atomic E-state index is 0.697. The zero-order chi connectivity index (χ0) is 12.3. The molecule has 0 heterocycles. The van der Waals surface area contributed by atoms with E-state index in [0.717, 1.165) is 6.42 Å². The van der Waals surface area contributed by atoms with Gasteiger partial charge in [0.2, 0.25) is 0 Å². The predicted molar refractivity (Wildman–Crippen MR) is 74.0 cm³/mol. The summed E-state index contributed by atoms with van der Waals surface area (Å²) in [6.07, 6.45) is 1.13. The summed E-state index contributed by atoms with van der Waals surface area (Å²) in [7, 11) is 0. The lowest BCUT2D eigenvalue weighted by Crippen LogP contribution is -1.94. The van der Waals surface area contributed by atoms with Crippen LogP contribution in [0.25, 0.3) is 11.1 Å². The molecule has 0 bridgehead atoms. The Balaban J connectivity index is 2.29. The number of aryl methyl sites for hydroxylation is 1. The fraction of sp³-hybridized carbons (Fsp3) is 0.294. The molecular formula is C17H19. The maximum absolute atomic E-state index is 3.32. The van der Waals surface area contributed by atoms with Gasteiger partial charge in [0.1, 0.15) is 0 Å². The average molecular weight is 223 g/mol. The van der Waals surface area contributed by atoms with Crippen molar-refractivity contribution in [2.75, 3.05) is 0 Å². The van der Waals surface area contributed by atoms with Crippen LogP contribution in [-0.2, 0) is 6.42 Å². The monoisotopic (exact) mass is 223 g/mol. The maximum Gasteiger partial charge on any atom is -0.00990 e. The molecule has 2 aromatic carbocycles. The lowest BCUT2D eigenvalue weighted by Gasteiger charge is -2.07. The van der Waals surface area contributed by atoms with Crippen LogP contribution in [0, 0.1) is 18.9 Å². The molecule has 1 radical (unpaired) electrons. The van der Waals surface area contributed by atoms with Crippen molar-refractivity contribution in [2.45, 2.75) is 27.2 Å². The number of rotatable bonds is 3.